The molecule has 0 aliphatic carbocycles. The number of nitrogens with two attached hydrogens (primary N) is 1. The summed E-state index contributed by atoms with van der Waals surface area (Å²) < 4.78 is 15.9. The Bertz CT molecular complexity index is 905. The van der Waals surface area contributed by atoms with Crippen LogP contribution in [0.3, 0.4) is 0 Å². The number of para-hydroxylation sites is 1. The third kappa shape index (κ3) is 3.87. The second-order valence-electron chi connectivity index (χ2n) is 5.38. The molecule has 1 heterocycles. The van der Waals surface area contributed by atoms with Gasteiger partial charge < -0.3 is 26.6 Å². The smallest absolute Gasteiger partial charge is 0.347 e. The average molecular weight is 375 g/mol. The Balaban J connectivity index is 0.00000243. The number of primary amides is 1. The van der Waals surface area contributed by atoms with E-state index in [4.69, 9.17) is 14.2 Å². The summed E-state index contributed by atoms with van der Waals surface area (Å²) in [7, 11) is 4.56. The standard InChI is InChI=1S/C19H18N2O4.ClH/c1-23-16-9-13(10-17(24-2)18(16)25-3)19(22)21-14-8-12-6-4-5-7-15(12)20-11-14;/h4-11H,1-3H3,(H,21,22);1H. The van der Waals surface area contributed by atoms with Gasteiger partial charge >= 0.3 is 5.91 Å². The monoisotopic (exact) mass is 374 g/mol. The molecule has 2 aromatic carbocycles. The summed E-state index contributed by atoms with van der Waals surface area (Å²) in [5.41, 5.74) is 2.07. The number of ether oxygens (including phenoxy) is 3. The minimum Gasteiger partial charge on any atom is -1.00 e. The van der Waals surface area contributed by atoms with Crippen LogP contribution in [0.4, 0.5) is 5.69 Å². The van der Waals surface area contributed by atoms with E-state index in [0.717, 1.165) is 16.6 Å². The van der Waals surface area contributed by atoms with Crippen molar-refractivity contribution in [2.24, 2.45) is 0 Å². The summed E-state index contributed by atoms with van der Waals surface area (Å²) in [6, 6.07) is 13.0. The van der Waals surface area contributed by atoms with Gasteiger partial charge in [0, 0.05) is 23.6 Å². The average Bonchev–Trinajstić information content (AvgIpc) is 2.66. The van der Waals surface area contributed by atoms with Crippen LogP contribution in [-0.2, 0) is 0 Å². The summed E-state index contributed by atoms with van der Waals surface area (Å²) in [5.74, 6) is 1.16. The number of hydrogen-bond acceptors (Lipinski definition) is 5. The second kappa shape index (κ2) is 8.51. The molecule has 3 aromatic rings. The van der Waals surface area contributed by atoms with E-state index in [1.165, 1.54) is 21.3 Å². The molecular weight excluding hydrogens is 356 g/mol. The molecule has 0 aliphatic heterocycles. The topological polar surface area (TPSA) is 74.3 Å². The normalized spacial score (nSPS) is 10.1. The SMILES string of the molecule is COc1cc(C(=O)[NH2+]c2cnc3ccccc3c2)cc(OC)c1OC.[Cl-]. The molecule has 0 atom stereocenters. The van der Waals surface area contributed by atoms with E-state index < -0.39 is 0 Å². The molecule has 136 valence electrons. The van der Waals surface area contributed by atoms with Gasteiger partial charge in [-0.3, -0.25) is 4.98 Å². The number of benzene rings is 2. The number of carbonyl (C=O) groups is 1. The number of halogens is 1. The summed E-state index contributed by atoms with van der Waals surface area (Å²) in [4.78, 5) is 17.0. The van der Waals surface area contributed by atoms with Crippen LogP contribution in [0, 0.1) is 0 Å². The minimum atomic E-state index is -0.170. The fourth-order valence-corrected chi connectivity index (χ4v) is 2.63. The minimum absolute atomic E-state index is 0. The highest BCUT2D eigenvalue weighted by molar-refractivity contribution is 5.90. The van der Waals surface area contributed by atoms with Crippen LogP contribution in [0.25, 0.3) is 10.9 Å². The number of methoxy groups -OCH3 is 3. The Morgan fingerprint density at radius 2 is 1.62 bits per heavy atom. The zero-order valence-electron chi connectivity index (χ0n) is 14.7. The highest BCUT2D eigenvalue weighted by Gasteiger charge is 2.20. The van der Waals surface area contributed by atoms with Crippen LogP contribution in [0.2, 0.25) is 0 Å². The van der Waals surface area contributed by atoms with Gasteiger partial charge in [0.05, 0.1) is 38.6 Å². The third-order valence-corrected chi connectivity index (χ3v) is 3.86. The number of carbonyl (C=O) groups excluding carboxylic acids is 1. The summed E-state index contributed by atoms with van der Waals surface area (Å²) >= 11 is 0. The molecule has 2 N–H and O–H groups in total. The van der Waals surface area contributed by atoms with Gasteiger partial charge in [-0.2, -0.15) is 0 Å². The number of aromatic nitrogens is 1. The van der Waals surface area contributed by atoms with Crippen molar-refractivity contribution >= 4 is 22.5 Å². The number of nitrogens with zero attached hydrogens (tertiary/aromatic N) is 1. The fourth-order valence-electron chi connectivity index (χ4n) is 2.63. The van der Waals surface area contributed by atoms with E-state index in [1.807, 2.05) is 30.3 Å². The lowest BCUT2D eigenvalue weighted by Gasteiger charge is -2.12. The molecule has 1 aromatic heterocycles. The maximum atomic E-state index is 12.7. The van der Waals surface area contributed by atoms with Crippen molar-refractivity contribution < 1.29 is 36.7 Å². The Morgan fingerprint density at radius 3 is 2.23 bits per heavy atom. The van der Waals surface area contributed by atoms with Crippen LogP contribution in [0.15, 0.2) is 48.7 Å². The number of amides is 1. The maximum absolute atomic E-state index is 12.7. The molecule has 6 nitrogen and oxygen atoms in total. The largest absolute Gasteiger partial charge is 1.00 e. The van der Waals surface area contributed by atoms with Crippen molar-refractivity contribution in [2.75, 3.05) is 21.3 Å². The van der Waals surface area contributed by atoms with Gasteiger partial charge in [0.2, 0.25) is 5.75 Å². The van der Waals surface area contributed by atoms with Gasteiger partial charge in [-0.25, -0.2) is 10.1 Å². The predicted molar refractivity (Wildman–Crippen MR) is 93.8 cm³/mol. The van der Waals surface area contributed by atoms with E-state index in [2.05, 4.69) is 4.98 Å². The third-order valence-electron chi connectivity index (χ3n) is 3.86. The van der Waals surface area contributed by atoms with Gasteiger partial charge in [0.25, 0.3) is 0 Å². The van der Waals surface area contributed by atoms with Crippen LogP contribution in [0.1, 0.15) is 10.4 Å². The van der Waals surface area contributed by atoms with Crippen molar-refractivity contribution in [1.29, 1.82) is 0 Å². The highest BCUT2D eigenvalue weighted by Crippen LogP contribution is 2.38. The lowest BCUT2D eigenvalue weighted by molar-refractivity contribution is -0.464. The van der Waals surface area contributed by atoms with Crippen molar-refractivity contribution in [3.63, 3.8) is 0 Å². The lowest BCUT2D eigenvalue weighted by Crippen LogP contribution is -3.00. The molecule has 0 aliphatic rings. The molecule has 0 radical (unpaired) electrons. The van der Waals surface area contributed by atoms with Gasteiger partial charge in [0.15, 0.2) is 17.2 Å². The van der Waals surface area contributed by atoms with Crippen LogP contribution in [-0.4, -0.2) is 32.2 Å². The molecule has 0 unspecified atom stereocenters. The molecule has 0 saturated carbocycles. The summed E-state index contributed by atoms with van der Waals surface area (Å²) in [5, 5.41) is 2.52. The van der Waals surface area contributed by atoms with Crippen LogP contribution >= 0.6 is 0 Å². The van der Waals surface area contributed by atoms with E-state index in [-0.39, 0.29) is 18.3 Å². The molecule has 0 bridgehead atoms. The molecule has 3 rings (SSSR count). The first-order chi connectivity index (χ1) is 12.2. The molecule has 1 amide bonds. The van der Waals surface area contributed by atoms with Gasteiger partial charge in [-0.15, -0.1) is 0 Å². The fraction of sp³-hybridized carbons (Fsp3) is 0.158. The van der Waals surface area contributed by atoms with Crippen LogP contribution in [0.5, 0.6) is 17.2 Å². The van der Waals surface area contributed by atoms with Gasteiger partial charge in [0.1, 0.15) is 0 Å². The summed E-state index contributed by atoms with van der Waals surface area (Å²) in [6.07, 6.45) is 1.68. The first-order valence-electron chi connectivity index (χ1n) is 7.70. The van der Waals surface area contributed by atoms with Crippen molar-refractivity contribution in [2.45, 2.75) is 0 Å². The van der Waals surface area contributed by atoms with Crippen LogP contribution < -0.4 is 31.9 Å². The molecular formula is C19H19ClN2O4. The second-order valence-corrected chi connectivity index (χ2v) is 5.38. The van der Waals surface area contributed by atoms with Crippen molar-refractivity contribution in [3.8, 4) is 17.2 Å². The Labute approximate surface area is 157 Å². The van der Waals surface area contributed by atoms with E-state index in [9.17, 15) is 4.79 Å². The Kier molecular flexibility index (Phi) is 6.38. The molecule has 0 fully saturated rings. The number of quaternary nitrogens is 1. The molecule has 26 heavy (non-hydrogen) atoms. The van der Waals surface area contributed by atoms with E-state index >= 15 is 0 Å². The number of pyridine rings is 1. The highest BCUT2D eigenvalue weighted by atomic mass is 35.5. The zero-order valence-corrected chi connectivity index (χ0v) is 15.4. The quantitative estimate of drug-likeness (QED) is 0.639. The molecule has 0 saturated heterocycles. The Hall–Kier alpha value is -2.83. The first kappa shape index (κ1) is 19.5. The number of fused-ring (bicyclic) bond motifs is 1. The molecule has 7 heteroatoms. The van der Waals surface area contributed by atoms with E-state index in [0.29, 0.717) is 22.8 Å². The lowest BCUT2D eigenvalue weighted by atomic mass is 10.1. The number of hydrogen-bond donors (Lipinski definition) is 1. The predicted octanol–water partition coefficient (Wildman–Crippen LogP) is -0.700. The zero-order chi connectivity index (χ0) is 17.8. The van der Waals surface area contributed by atoms with E-state index in [1.54, 1.807) is 23.6 Å². The number of rotatable bonds is 5. The maximum Gasteiger partial charge on any atom is 0.347 e. The van der Waals surface area contributed by atoms with Gasteiger partial charge in [-0.05, 0) is 6.07 Å². The van der Waals surface area contributed by atoms with Gasteiger partial charge in [-0.1, -0.05) is 18.2 Å². The molecule has 0 spiro atoms. The summed E-state index contributed by atoms with van der Waals surface area (Å²) in [6.45, 7) is 0. The van der Waals surface area contributed by atoms with Crippen molar-refractivity contribution in [3.05, 3.63) is 54.2 Å². The first-order valence-corrected chi connectivity index (χ1v) is 7.70. The van der Waals surface area contributed by atoms with Crippen molar-refractivity contribution in [1.82, 2.24) is 4.98 Å². The Morgan fingerprint density at radius 1 is 0.962 bits per heavy atom.